The molecule has 178 valence electrons. The van der Waals surface area contributed by atoms with Crippen LogP contribution in [0.1, 0.15) is 11.1 Å². The average Bonchev–Trinajstić information content (AvgIpc) is 3.54. The van der Waals surface area contributed by atoms with Gasteiger partial charge in [0, 0.05) is 16.3 Å². The SMILES string of the molecule is O=C(N/N=C(/c1cccc(Cl)c1)c1c(-c2cccs2)[nH]n(-c2ccccc2)c1=O)Nc1ccccc1. The van der Waals surface area contributed by atoms with Gasteiger partial charge in [0.2, 0.25) is 0 Å². The van der Waals surface area contributed by atoms with Crippen LogP contribution in [0.5, 0.6) is 0 Å². The number of anilines is 1. The number of aromatic nitrogens is 2. The van der Waals surface area contributed by atoms with Crippen molar-refractivity contribution in [3.63, 3.8) is 0 Å². The van der Waals surface area contributed by atoms with E-state index in [0.29, 0.717) is 33.2 Å². The van der Waals surface area contributed by atoms with Gasteiger partial charge in [0.25, 0.3) is 5.56 Å². The topological polar surface area (TPSA) is 91.3 Å². The van der Waals surface area contributed by atoms with Crippen molar-refractivity contribution in [1.82, 2.24) is 15.2 Å². The molecular weight excluding hydrogens is 494 g/mol. The largest absolute Gasteiger partial charge is 0.339 e. The van der Waals surface area contributed by atoms with E-state index in [-0.39, 0.29) is 11.3 Å². The molecular formula is C27H20ClN5O2S. The van der Waals surface area contributed by atoms with Gasteiger partial charge in [-0.2, -0.15) is 5.10 Å². The van der Waals surface area contributed by atoms with E-state index in [2.05, 4.69) is 20.9 Å². The number of H-pyrrole nitrogens is 1. The zero-order valence-electron chi connectivity index (χ0n) is 18.8. The molecule has 0 saturated carbocycles. The van der Waals surface area contributed by atoms with Crippen molar-refractivity contribution in [1.29, 1.82) is 0 Å². The third-order valence-corrected chi connectivity index (χ3v) is 6.43. The molecule has 0 radical (unpaired) electrons. The minimum absolute atomic E-state index is 0.278. The highest BCUT2D eigenvalue weighted by atomic mass is 35.5. The second kappa shape index (κ2) is 10.5. The molecule has 2 heterocycles. The van der Waals surface area contributed by atoms with Gasteiger partial charge in [0.1, 0.15) is 5.71 Å². The molecule has 2 aromatic heterocycles. The Morgan fingerprint density at radius 3 is 2.36 bits per heavy atom. The number of benzene rings is 3. The summed E-state index contributed by atoms with van der Waals surface area (Å²) in [5.74, 6) is 0. The van der Waals surface area contributed by atoms with E-state index >= 15 is 0 Å². The van der Waals surface area contributed by atoms with Crippen LogP contribution in [0.3, 0.4) is 0 Å². The summed E-state index contributed by atoms with van der Waals surface area (Å²) in [6, 6.07) is 28.6. The summed E-state index contributed by atoms with van der Waals surface area (Å²) in [5.41, 5.74) is 5.26. The number of urea groups is 1. The number of hydrazone groups is 1. The molecule has 3 aromatic carbocycles. The summed E-state index contributed by atoms with van der Waals surface area (Å²) in [7, 11) is 0. The number of para-hydroxylation sites is 2. The zero-order chi connectivity index (χ0) is 24.9. The second-order valence-electron chi connectivity index (χ2n) is 7.72. The van der Waals surface area contributed by atoms with Crippen molar-refractivity contribution >= 4 is 40.4 Å². The summed E-state index contributed by atoms with van der Waals surface area (Å²) in [6.07, 6.45) is 0. The number of carbonyl (C=O) groups excluding carboxylic acids is 1. The first-order valence-corrected chi connectivity index (χ1v) is 12.3. The van der Waals surface area contributed by atoms with Gasteiger partial charge in [-0.05, 0) is 47.8 Å². The van der Waals surface area contributed by atoms with Gasteiger partial charge in [-0.3, -0.25) is 9.89 Å². The second-order valence-corrected chi connectivity index (χ2v) is 9.10. The summed E-state index contributed by atoms with van der Waals surface area (Å²) in [5, 5.41) is 12.8. The van der Waals surface area contributed by atoms with Crippen LogP contribution < -0.4 is 16.3 Å². The van der Waals surface area contributed by atoms with E-state index in [0.717, 1.165) is 4.88 Å². The molecule has 0 saturated heterocycles. The molecule has 0 aliphatic carbocycles. The maximum atomic E-state index is 13.8. The number of carbonyl (C=O) groups is 1. The molecule has 7 nitrogen and oxygen atoms in total. The van der Waals surface area contributed by atoms with Crippen molar-refractivity contribution < 1.29 is 4.79 Å². The van der Waals surface area contributed by atoms with Crippen molar-refractivity contribution in [2.24, 2.45) is 5.10 Å². The Morgan fingerprint density at radius 1 is 0.917 bits per heavy atom. The predicted molar refractivity (Wildman–Crippen MR) is 145 cm³/mol. The van der Waals surface area contributed by atoms with Crippen LogP contribution >= 0.6 is 22.9 Å². The molecule has 9 heteroatoms. The highest BCUT2D eigenvalue weighted by Gasteiger charge is 2.24. The molecule has 0 fully saturated rings. The van der Waals surface area contributed by atoms with Crippen LogP contribution in [0.15, 0.2) is 112 Å². The van der Waals surface area contributed by atoms with Crippen molar-refractivity contribution in [2.75, 3.05) is 5.32 Å². The molecule has 0 unspecified atom stereocenters. The molecule has 0 atom stereocenters. The molecule has 0 bridgehead atoms. The minimum atomic E-state index is -0.544. The van der Waals surface area contributed by atoms with E-state index in [9.17, 15) is 9.59 Å². The number of nitrogens with one attached hydrogen (secondary N) is 3. The molecule has 3 N–H and O–H groups in total. The van der Waals surface area contributed by atoms with E-state index in [1.54, 1.807) is 36.4 Å². The lowest BCUT2D eigenvalue weighted by atomic mass is 10.0. The van der Waals surface area contributed by atoms with Gasteiger partial charge >= 0.3 is 6.03 Å². The van der Waals surface area contributed by atoms with E-state index in [1.807, 2.05) is 66.0 Å². The van der Waals surface area contributed by atoms with Gasteiger partial charge in [0.15, 0.2) is 0 Å². The number of rotatable bonds is 6. The fourth-order valence-electron chi connectivity index (χ4n) is 3.70. The van der Waals surface area contributed by atoms with Crippen molar-refractivity contribution in [2.45, 2.75) is 0 Å². The molecule has 5 aromatic rings. The molecule has 36 heavy (non-hydrogen) atoms. The minimum Gasteiger partial charge on any atom is -0.307 e. The highest BCUT2D eigenvalue weighted by molar-refractivity contribution is 7.13. The molecule has 0 aliphatic heterocycles. The Labute approximate surface area is 215 Å². The summed E-state index contributed by atoms with van der Waals surface area (Å²) in [6.45, 7) is 0. The molecule has 0 aliphatic rings. The van der Waals surface area contributed by atoms with Crippen LogP contribution in [0.25, 0.3) is 16.3 Å². The maximum absolute atomic E-state index is 13.8. The number of halogens is 1. The van der Waals surface area contributed by atoms with Gasteiger partial charge < -0.3 is 5.32 Å². The third kappa shape index (κ3) is 5.00. The molecule has 5 rings (SSSR count). The van der Waals surface area contributed by atoms with Crippen LogP contribution in [0.4, 0.5) is 10.5 Å². The Balaban J connectivity index is 1.64. The number of hydrogen-bond acceptors (Lipinski definition) is 4. The number of nitrogens with zero attached hydrogens (tertiary/aromatic N) is 2. The first-order chi connectivity index (χ1) is 17.6. The Hall–Kier alpha value is -4.40. The lowest BCUT2D eigenvalue weighted by Crippen LogP contribution is -2.28. The van der Waals surface area contributed by atoms with Gasteiger partial charge in [0.05, 0.1) is 21.8 Å². The summed E-state index contributed by atoms with van der Waals surface area (Å²) >= 11 is 7.77. The van der Waals surface area contributed by atoms with Crippen LogP contribution in [0, 0.1) is 0 Å². The molecule has 0 spiro atoms. The van der Waals surface area contributed by atoms with Crippen molar-refractivity contribution in [3.05, 3.63) is 129 Å². The van der Waals surface area contributed by atoms with Crippen LogP contribution in [-0.2, 0) is 0 Å². The first kappa shape index (κ1) is 23.3. The lowest BCUT2D eigenvalue weighted by Gasteiger charge is -2.09. The van der Waals surface area contributed by atoms with Gasteiger partial charge in [-0.15, -0.1) is 11.3 Å². The number of amides is 2. The number of thiophene rings is 1. The Morgan fingerprint density at radius 2 is 1.67 bits per heavy atom. The van der Waals surface area contributed by atoms with E-state index in [1.165, 1.54) is 16.0 Å². The highest BCUT2D eigenvalue weighted by Crippen LogP contribution is 2.28. The summed E-state index contributed by atoms with van der Waals surface area (Å²) in [4.78, 5) is 27.3. The number of aromatic amines is 1. The summed E-state index contributed by atoms with van der Waals surface area (Å²) < 4.78 is 1.47. The normalized spacial score (nSPS) is 11.3. The standard InChI is InChI=1S/C27H20ClN5O2S/c28-19-10-7-9-18(17-19)24(30-31-27(35)29-20-11-3-1-4-12-20)23-25(22-15-8-16-36-22)32-33(26(23)34)21-13-5-2-6-14-21/h1-17,32H,(H2,29,31,35)/b30-24-. The average molecular weight is 514 g/mol. The van der Waals surface area contributed by atoms with E-state index < -0.39 is 6.03 Å². The Kier molecular flexibility index (Phi) is 6.79. The van der Waals surface area contributed by atoms with Gasteiger partial charge in [-0.1, -0.05) is 66.2 Å². The van der Waals surface area contributed by atoms with Crippen LogP contribution in [-0.4, -0.2) is 21.5 Å². The fraction of sp³-hybridized carbons (Fsp3) is 0. The van der Waals surface area contributed by atoms with Crippen molar-refractivity contribution in [3.8, 4) is 16.3 Å². The van der Waals surface area contributed by atoms with Crippen LogP contribution in [0.2, 0.25) is 5.02 Å². The predicted octanol–water partition coefficient (Wildman–Crippen LogP) is 6.12. The number of hydrogen-bond donors (Lipinski definition) is 3. The zero-order valence-corrected chi connectivity index (χ0v) is 20.4. The van der Waals surface area contributed by atoms with Gasteiger partial charge in [-0.25, -0.2) is 14.9 Å². The first-order valence-electron chi connectivity index (χ1n) is 11.0. The smallest absolute Gasteiger partial charge is 0.307 e. The fourth-order valence-corrected chi connectivity index (χ4v) is 4.62. The maximum Gasteiger partial charge on any atom is 0.339 e. The Bertz CT molecular complexity index is 1580. The lowest BCUT2D eigenvalue weighted by molar-refractivity contribution is 0.252. The monoisotopic (exact) mass is 513 g/mol. The molecule has 2 amide bonds. The van der Waals surface area contributed by atoms with E-state index in [4.69, 9.17) is 11.6 Å². The third-order valence-electron chi connectivity index (χ3n) is 5.31. The quantitative estimate of drug-likeness (QED) is 0.188.